The molecule has 2 aromatic rings. The van der Waals surface area contributed by atoms with Crippen LogP contribution in [0.1, 0.15) is 0 Å². The zero-order valence-electron chi connectivity index (χ0n) is 6.61. The second-order valence-electron chi connectivity index (χ2n) is 2.52. The van der Waals surface area contributed by atoms with Crippen LogP contribution in [0, 0.1) is 5.21 Å². The van der Waals surface area contributed by atoms with E-state index in [0.717, 1.165) is 10.3 Å². The largest absolute Gasteiger partial charge is 0.617 e. The first kappa shape index (κ1) is 8.72. The Kier molecular flexibility index (Phi) is 2.33. The summed E-state index contributed by atoms with van der Waals surface area (Å²) < 4.78 is 1.45. The average Bonchev–Trinajstić information content (AvgIpc) is 2.49. The van der Waals surface area contributed by atoms with E-state index in [0.29, 0.717) is 9.61 Å². The second kappa shape index (κ2) is 3.47. The summed E-state index contributed by atoms with van der Waals surface area (Å²) in [6.45, 7) is 0. The molecule has 0 bridgehead atoms. The van der Waals surface area contributed by atoms with Crippen LogP contribution in [0.5, 0.6) is 0 Å². The van der Waals surface area contributed by atoms with Crippen LogP contribution in [0.25, 0.3) is 10.6 Å². The van der Waals surface area contributed by atoms with Gasteiger partial charge in [-0.25, -0.2) is 0 Å². The lowest BCUT2D eigenvalue weighted by Crippen LogP contribution is -2.26. The van der Waals surface area contributed by atoms with Crippen molar-refractivity contribution in [2.45, 2.75) is 0 Å². The Morgan fingerprint density at radius 2 is 1.92 bits per heavy atom. The molecule has 0 N–H and O–H groups in total. The van der Waals surface area contributed by atoms with Crippen LogP contribution in [-0.2, 0) is 0 Å². The third-order valence-corrected chi connectivity index (χ3v) is 3.49. The monoisotopic (exact) mass is 255 g/mol. The minimum Gasteiger partial charge on any atom is -0.617 e. The first-order valence-electron chi connectivity index (χ1n) is 3.71. The number of halogens is 1. The zero-order valence-corrected chi connectivity index (χ0v) is 9.01. The predicted molar refractivity (Wildman–Crippen MR) is 56.4 cm³/mol. The van der Waals surface area contributed by atoms with Gasteiger partial charge >= 0.3 is 0 Å². The topological polar surface area (TPSA) is 26.9 Å². The maximum atomic E-state index is 11.4. The maximum absolute atomic E-state index is 11.4. The Bertz CT molecular complexity index is 413. The number of thiazole rings is 1. The summed E-state index contributed by atoms with van der Waals surface area (Å²) in [7, 11) is 0. The van der Waals surface area contributed by atoms with Crippen molar-refractivity contribution in [3.63, 3.8) is 0 Å². The van der Waals surface area contributed by atoms with E-state index in [4.69, 9.17) is 0 Å². The molecule has 0 spiro atoms. The molecule has 4 heteroatoms. The van der Waals surface area contributed by atoms with E-state index < -0.39 is 0 Å². The van der Waals surface area contributed by atoms with Crippen molar-refractivity contribution in [2.24, 2.45) is 0 Å². The number of aromatic nitrogens is 1. The van der Waals surface area contributed by atoms with Gasteiger partial charge in [0.2, 0.25) is 0 Å². The smallest absolute Gasteiger partial charge is 0.281 e. The van der Waals surface area contributed by atoms with E-state index in [1.807, 2.05) is 30.3 Å². The number of hydrogen-bond acceptors (Lipinski definition) is 2. The summed E-state index contributed by atoms with van der Waals surface area (Å²) in [5.74, 6) is 0. The Balaban J connectivity index is 2.53. The van der Waals surface area contributed by atoms with E-state index in [1.165, 1.54) is 11.3 Å². The Morgan fingerprint density at radius 1 is 1.23 bits per heavy atom. The molecular weight excluding hydrogens is 250 g/mol. The highest BCUT2D eigenvalue weighted by atomic mass is 79.9. The Hall–Kier alpha value is -0.870. The molecule has 0 aliphatic rings. The van der Waals surface area contributed by atoms with Crippen LogP contribution in [-0.4, -0.2) is 0 Å². The highest BCUT2D eigenvalue weighted by molar-refractivity contribution is 9.10. The molecule has 13 heavy (non-hydrogen) atoms. The lowest BCUT2D eigenvalue weighted by atomic mass is 10.2. The van der Waals surface area contributed by atoms with E-state index in [1.54, 1.807) is 5.38 Å². The second-order valence-corrected chi connectivity index (χ2v) is 4.19. The van der Waals surface area contributed by atoms with Gasteiger partial charge in [-0.1, -0.05) is 29.5 Å². The number of rotatable bonds is 1. The van der Waals surface area contributed by atoms with E-state index in [-0.39, 0.29) is 0 Å². The summed E-state index contributed by atoms with van der Waals surface area (Å²) in [6.07, 6.45) is 0. The molecule has 0 aliphatic heterocycles. The van der Waals surface area contributed by atoms with Gasteiger partial charge in [-0.05, 0) is 12.1 Å². The highest BCUT2D eigenvalue weighted by Crippen LogP contribution is 2.23. The van der Waals surface area contributed by atoms with Crippen molar-refractivity contribution in [1.82, 2.24) is 0 Å². The van der Waals surface area contributed by atoms with E-state index >= 15 is 0 Å². The fraction of sp³-hybridized carbons (Fsp3) is 0. The molecule has 0 aliphatic carbocycles. The van der Waals surface area contributed by atoms with Crippen molar-refractivity contribution < 1.29 is 4.73 Å². The molecule has 0 fully saturated rings. The van der Waals surface area contributed by atoms with Crippen LogP contribution in [0.3, 0.4) is 0 Å². The van der Waals surface area contributed by atoms with Crippen LogP contribution < -0.4 is 4.73 Å². The molecule has 66 valence electrons. The molecule has 1 aromatic carbocycles. The zero-order chi connectivity index (χ0) is 9.26. The molecule has 0 atom stereocenters. The molecule has 0 radical (unpaired) electrons. The molecule has 0 amide bonds. The lowest BCUT2D eigenvalue weighted by molar-refractivity contribution is -0.600. The Labute approximate surface area is 88.2 Å². The molecule has 0 saturated heterocycles. The number of hydrogen-bond donors (Lipinski definition) is 0. The van der Waals surface area contributed by atoms with Crippen molar-refractivity contribution in [2.75, 3.05) is 0 Å². The molecule has 2 nitrogen and oxygen atoms in total. The van der Waals surface area contributed by atoms with Crippen LogP contribution in [0.4, 0.5) is 0 Å². The molecule has 2 rings (SSSR count). The summed E-state index contributed by atoms with van der Waals surface area (Å²) in [6, 6.07) is 9.62. The molecular formula is C9H6BrNOS. The lowest BCUT2D eigenvalue weighted by Gasteiger charge is -1.97. The van der Waals surface area contributed by atoms with Gasteiger partial charge in [-0.15, -0.1) is 4.73 Å². The first-order chi connectivity index (χ1) is 6.29. The summed E-state index contributed by atoms with van der Waals surface area (Å²) in [5, 5.41) is 14.0. The van der Waals surface area contributed by atoms with Gasteiger partial charge in [0.25, 0.3) is 9.61 Å². The highest BCUT2D eigenvalue weighted by Gasteiger charge is 2.13. The SMILES string of the molecule is [O-][n+]1c(Br)csc1-c1ccccc1. The van der Waals surface area contributed by atoms with E-state index in [9.17, 15) is 5.21 Å². The van der Waals surface area contributed by atoms with Crippen molar-refractivity contribution in [3.05, 3.63) is 45.5 Å². The standard InChI is InChI=1S/C9H6BrNOS/c10-8-6-13-9(11(8)12)7-4-2-1-3-5-7/h1-6H. The minimum atomic E-state index is 0.566. The average molecular weight is 256 g/mol. The molecule has 1 heterocycles. The van der Waals surface area contributed by atoms with Crippen molar-refractivity contribution in [3.8, 4) is 10.6 Å². The van der Waals surface area contributed by atoms with Gasteiger partial charge < -0.3 is 5.21 Å². The van der Waals surface area contributed by atoms with Gasteiger partial charge in [0, 0.05) is 15.9 Å². The molecule has 0 saturated carbocycles. The van der Waals surface area contributed by atoms with Gasteiger partial charge in [-0.3, -0.25) is 0 Å². The van der Waals surface area contributed by atoms with Crippen molar-refractivity contribution >= 4 is 27.3 Å². The summed E-state index contributed by atoms with van der Waals surface area (Å²) >= 11 is 4.61. The third kappa shape index (κ3) is 1.59. The Morgan fingerprint density at radius 3 is 2.46 bits per heavy atom. The normalized spacial score (nSPS) is 10.2. The number of nitrogens with zero attached hydrogens (tertiary/aromatic N) is 1. The summed E-state index contributed by atoms with van der Waals surface area (Å²) in [5.41, 5.74) is 0.952. The van der Waals surface area contributed by atoms with E-state index in [2.05, 4.69) is 15.9 Å². The fourth-order valence-corrected chi connectivity index (χ4v) is 2.41. The molecule has 0 unspecified atom stereocenters. The van der Waals surface area contributed by atoms with Gasteiger partial charge in [0.1, 0.15) is 0 Å². The molecule has 1 aromatic heterocycles. The van der Waals surface area contributed by atoms with Gasteiger partial charge in [-0.2, -0.15) is 0 Å². The quantitative estimate of drug-likeness (QED) is 0.569. The number of benzene rings is 1. The predicted octanol–water partition coefficient (Wildman–Crippen LogP) is 2.81. The van der Waals surface area contributed by atoms with Gasteiger partial charge in [0.05, 0.1) is 10.9 Å². The van der Waals surface area contributed by atoms with Gasteiger partial charge in [0.15, 0.2) is 0 Å². The third-order valence-electron chi connectivity index (χ3n) is 1.67. The minimum absolute atomic E-state index is 0.566. The first-order valence-corrected chi connectivity index (χ1v) is 5.38. The van der Waals surface area contributed by atoms with Crippen LogP contribution in [0.15, 0.2) is 40.3 Å². The summed E-state index contributed by atoms with van der Waals surface area (Å²) in [4.78, 5) is 0. The maximum Gasteiger partial charge on any atom is 0.281 e. The fourth-order valence-electron chi connectivity index (χ4n) is 1.06. The van der Waals surface area contributed by atoms with Crippen molar-refractivity contribution in [1.29, 1.82) is 0 Å². The van der Waals surface area contributed by atoms with Crippen LogP contribution in [0.2, 0.25) is 0 Å². The van der Waals surface area contributed by atoms with Crippen LogP contribution >= 0.6 is 27.3 Å².